The van der Waals surface area contributed by atoms with E-state index in [1.54, 1.807) is 6.20 Å². The smallest absolute Gasteiger partial charge is 0.130 e. The predicted octanol–water partition coefficient (Wildman–Crippen LogP) is 2.76. The molecule has 0 radical (unpaired) electrons. The van der Waals surface area contributed by atoms with E-state index in [2.05, 4.69) is 19.2 Å². The third-order valence-corrected chi connectivity index (χ3v) is 7.47. The maximum Gasteiger partial charge on any atom is 0.130 e. The lowest BCUT2D eigenvalue weighted by molar-refractivity contribution is -0.109. The molecule has 9 heteroatoms. The molecule has 0 amide bonds. The second-order valence-electron chi connectivity index (χ2n) is 8.07. The minimum atomic E-state index is -1.04. The fourth-order valence-electron chi connectivity index (χ4n) is 4.28. The molecule has 2 aliphatic rings. The summed E-state index contributed by atoms with van der Waals surface area (Å²) in [6, 6.07) is 7.68. The van der Waals surface area contributed by atoms with Gasteiger partial charge in [-0.2, -0.15) is 0 Å². The molecule has 30 heavy (non-hydrogen) atoms. The minimum Gasteiger partial charge on any atom is -0.366 e. The summed E-state index contributed by atoms with van der Waals surface area (Å²) in [5.74, 6) is 1.41. The number of hydrogen-bond donors (Lipinski definition) is 1. The van der Waals surface area contributed by atoms with Crippen molar-refractivity contribution in [3.05, 3.63) is 53.1 Å². The van der Waals surface area contributed by atoms with E-state index >= 15 is 0 Å². The van der Waals surface area contributed by atoms with Gasteiger partial charge in [0.25, 0.3) is 0 Å². The molecule has 1 saturated heterocycles. The average molecular weight is 444 g/mol. The van der Waals surface area contributed by atoms with Crippen LogP contribution in [0.25, 0.3) is 11.0 Å². The van der Waals surface area contributed by atoms with Gasteiger partial charge in [0, 0.05) is 24.8 Å². The van der Waals surface area contributed by atoms with Crippen molar-refractivity contribution < 1.29 is 9.00 Å². The SMILES string of the molecule is CN(Cc1nc2cc(Cl)ccc2n1C1CNS(=O)C1)c1cnccc1C1(C=O)CC1. The van der Waals surface area contributed by atoms with Crippen molar-refractivity contribution in [2.24, 2.45) is 0 Å². The number of anilines is 1. The first-order chi connectivity index (χ1) is 14.5. The third kappa shape index (κ3) is 3.33. The molecule has 1 N–H and O–H groups in total. The van der Waals surface area contributed by atoms with E-state index in [0.717, 1.165) is 47.2 Å². The van der Waals surface area contributed by atoms with Crippen molar-refractivity contribution in [2.45, 2.75) is 30.8 Å². The number of fused-ring (bicyclic) bond motifs is 1. The summed E-state index contributed by atoms with van der Waals surface area (Å²) in [5.41, 5.74) is 3.37. The molecule has 1 aliphatic heterocycles. The van der Waals surface area contributed by atoms with Gasteiger partial charge < -0.3 is 14.3 Å². The van der Waals surface area contributed by atoms with Gasteiger partial charge in [-0.25, -0.2) is 13.9 Å². The van der Waals surface area contributed by atoms with Crippen LogP contribution in [0.3, 0.4) is 0 Å². The summed E-state index contributed by atoms with van der Waals surface area (Å²) in [4.78, 5) is 23.0. The number of aromatic nitrogens is 3. The lowest BCUT2D eigenvalue weighted by Gasteiger charge is -2.25. The standard InChI is InChI=1S/C21H22ClN5O2S/c1-26(19-10-23-7-4-16(19)21(13-28)5-6-21)11-20-25-17-8-14(22)2-3-18(17)27(20)15-9-24-30(29)12-15/h2-4,7-8,10,13,15,24H,5-6,9,11-12H2,1H3. The second kappa shape index (κ2) is 7.44. The molecule has 0 bridgehead atoms. The molecule has 0 spiro atoms. The van der Waals surface area contributed by atoms with Crippen LogP contribution in [0.2, 0.25) is 5.02 Å². The summed E-state index contributed by atoms with van der Waals surface area (Å²) < 4.78 is 17.2. The Labute approximate surface area is 182 Å². The fourth-order valence-corrected chi connectivity index (χ4v) is 5.56. The topological polar surface area (TPSA) is 80.1 Å². The first-order valence-electron chi connectivity index (χ1n) is 9.91. The van der Waals surface area contributed by atoms with Crippen LogP contribution in [0.4, 0.5) is 5.69 Å². The van der Waals surface area contributed by atoms with Crippen LogP contribution in [-0.2, 0) is 27.7 Å². The van der Waals surface area contributed by atoms with Gasteiger partial charge in [0.15, 0.2) is 0 Å². The van der Waals surface area contributed by atoms with Crippen LogP contribution in [-0.4, -0.2) is 44.4 Å². The Balaban J connectivity index is 1.55. The molecule has 2 atom stereocenters. The molecular weight excluding hydrogens is 422 g/mol. The number of hydrogen-bond acceptors (Lipinski definition) is 5. The highest BCUT2D eigenvalue weighted by atomic mass is 35.5. The van der Waals surface area contributed by atoms with E-state index in [1.165, 1.54) is 0 Å². The Kier molecular flexibility index (Phi) is 4.88. The number of benzene rings is 1. The van der Waals surface area contributed by atoms with Crippen molar-refractivity contribution in [3.8, 4) is 0 Å². The molecule has 2 fully saturated rings. The van der Waals surface area contributed by atoms with Crippen LogP contribution < -0.4 is 9.62 Å². The Morgan fingerprint density at radius 1 is 1.40 bits per heavy atom. The molecule has 2 aromatic heterocycles. The van der Waals surface area contributed by atoms with Gasteiger partial charge in [0.05, 0.1) is 57.7 Å². The first kappa shape index (κ1) is 19.7. The third-order valence-electron chi connectivity index (χ3n) is 6.05. The highest BCUT2D eigenvalue weighted by Crippen LogP contribution is 2.49. The zero-order chi connectivity index (χ0) is 20.9. The summed E-state index contributed by atoms with van der Waals surface area (Å²) in [6.45, 7) is 1.16. The second-order valence-corrected chi connectivity index (χ2v) is 9.82. The van der Waals surface area contributed by atoms with Gasteiger partial charge in [-0.3, -0.25) is 4.98 Å². The molecule has 1 aromatic carbocycles. The molecule has 3 aromatic rings. The molecule has 5 rings (SSSR count). The van der Waals surface area contributed by atoms with Crippen LogP contribution >= 0.6 is 11.6 Å². The predicted molar refractivity (Wildman–Crippen MR) is 118 cm³/mol. The number of halogens is 1. The lowest BCUT2D eigenvalue weighted by Crippen LogP contribution is -2.25. The molecule has 1 aliphatic carbocycles. The van der Waals surface area contributed by atoms with Crippen LogP contribution in [0, 0.1) is 0 Å². The summed E-state index contributed by atoms with van der Waals surface area (Å²) in [5, 5.41) is 0.636. The van der Waals surface area contributed by atoms with E-state index in [4.69, 9.17) is 16.6 Å². The quantitative estimate of drug-likeness (QED) is 0.592. The van der Waals surface area contributed by atoms with E-state index < -0.39 is 11.0 Å². The van der Waals surface area contributed by atoms with E-state index in [0.29, 0.717) is 23.9 Å². The first-order valence-corrected chi connectivity index (χ1v) is 11.6. The Morgan fingerprint density at radius 3 is 2.93 bits per heavy atom. The van der Waals surface area contributed by atoms with Gasteiger partial charge in [-0.1, -0.05) is 11.6 Å². The van der Waals surface area contributed by atoms with Gasteiger partial charge in [-0.05, 0) is 42.7 Å². The molecule has 3 heterocycles. The molecular formula is C21H22ClN5O2S. The van der Waals surface area contributed by atoms with E-state index in [1.807, 2.05) is 37.5 Å². The Morgan fingerprint density at radius 2 is 2.23 bits per heavy atom. The molecule has 7 nitrogen and oxygen atoms in total. The number of nitrogens with zero attached hydrogens (tertiary/aromatic N) is 4. The lowest BCUT2D eigenvalue weighted by atomic mass is 9.97. The largest absolute Gasteiger partial charge is 0.366 e. The van der Waals surface area contributed by atoms with E-state index in [-0.39, 0.29) is 11.5 Å². The van der Waals surface area contributed by atoms with Crippen molar-refractivity contribution >= 4 is 45.6 Å². The molecule has 2 unspecified atom stereocenters. The van der Waals surface area contributed by atoms with Gasteiger partial charge in [0.2, 0.25) is 0 Å². The van der Waals surface area contributed by atoms with Crippen molar-refractivity contribution in [1.29, 1.82) is 0 Å². The molecule has 156 valence electrons. The number of carbonyl (C=O) groups excluding carboxylic acids is 1. The van der Waals surface area contributed by atoms with Crippen LogP contribution in [0.1, 0.15) is 30.3 Å². The zero-order valence-corrected chi connectivity index (χ0v) is 18.1. The Bertz CT molecular complexity index is 1160. The highest BCUT2D eigenvalue weighted by Gasteiger charge is 2.46. The monoisotopic (exact) mass is 443 g/mol. The number of imidazole rings is 1. The van der Waals surface area contributed by atoms with Gasteiger partial charge in [0.1, 0.15) is 12.1 Å². The average Bonchev–Trinajstić information content (AvgIpc) is 3.31. The highest BCUT2D eigenvalue weighted by molar-refractivity contribution is 7.83. The summed E-state index contributed by atoms with van der Waals surface area (Å²) >= 11 is 6.20. The summed E-state index contributed by atoms with van der Waals surface area (Å²) in [6.07, 6.45) is 6.37. The zero-order valence-electron chi connectivity index (χ0n) is 16.5. The van der Waals surface area contributed by atoms with Crippen molar-refractivity contribution in [3.63, 3.8) is 0 Å². The minimum absolute atomic E-state index is 0.0542. The number of rotatable bonds is 6. The van der Waals surface area contributed by atoms with Crippen LogP contribution in [0.5, 0.6) is 0 Å². The number of aldehydes is 1. The van der Waals surface area contributed by atoms with E-state index in [9.17, 15) is 9.00 Å². The maximum absolute atomic E-state index is 12.0. The Hall–Kier alpha value is -2.29. The molecule has 1 saturated carbocycles. The van der Waals surface area contributed by atoms with Crippen molar-refractivity contribution in [2.75, 3.05) is 24.2 Å². The number of carbonyl (C=O) groups is 1. The van der Waals surface area contributed by atoms with Gasteiger partial charge >= 0.3 is 0 Å². The normalized spacial score (nSPS) is 22.3. The van der Waals surface area contributed by atoms with Gasteiger partial charge in [-0.15, -0.1) is 0 Å². The summed E-state index contributed by atoms with van der Waals surface area (Å²) in [7, 11) is 0.952. The fraction of sp³-hybridized carbons (Fsp3) is 0.381. The maximum atomic E-state index is 12.0. The van der Waals surface area contributed by atoms with Crippen LogP contribution in [0.15, 0.2) is 36.7 Å². The number of nitrogens with one attached hydrogen (secondary N) is 1. The number of pyridine rings is 1. The van der Waals surface area contributed by atoms with Crippen molar-refractivity contribution in [1.82, 2.24) is 19.3 Å².